The number of alkyl halides is 2. The van der Waals surface area contributed by atoms with Crippen LogP contribution in [0.3, 0.4) is 0 Å². The van der Waals surface area contributed by atoms with Crippen LogP contribution in [0.2, 0.25) is 0 Å². The maximum absolute atomic E-state index is 13.9. The van der Waals surface area contributed by atoms with E-state index in [1.54, 1.807) is 38.1 Å². The zero-order chi connectivity index (χ0) is 13.8. The summed E-state index contributed by atoms with van der Waals surface area (Å²) in [6, 6.07) is 8.84. The molecule has 1 aromatic carbocycles. The molecule has 0 heterocycles. The van der Waals surface area contributed by atoms with Crippen LogP contribution in [0, 0.1) is 5.92 Å². The summed E-state index contributed by atoms with van der Waals surface area (Å²) in [5.41, 5.74) is -1.03. The van der Waals surface area contributed by atoms with E-state index in [4.69, 9.17) is 0 Å². The fourth-order valence-electron chi connectivity index (χ4n) is 1.43. The van der Waals surface area contributed by atoms with Gasteiger partial charge in [-0.3, -0.25) is 0 Å². The average molecular weight is 252 g/mol. The van der Waals surface area contributed by atoms with E-state index in [2.05, 4.69) is 16.8 Å². The van der Waals surface area contributed by atoms with Gasteiger partial charge < -0.3 is 0 Å². The highest BCUT2D eigenvalue weighted by molar-refractivity contribution is 5.34. The summed E-state index contributed by atoms with van der Waals surface area (Å²) in [4.78, 5) is 0. The van der Waals surface area contributed by atoms with Crippen LogP contribution in [0.5, 0.6) is 0 Å². The van der Waals surface area contributed by atoms with Gasteiger partial charge in [0.2, 0.25) is 0 Å². The summed E-state index contributed by atoms with van der Waals surface area (Å²) in [6.45, 7) is 7.97. The van der Waals surface area contributed by atoms with E-state index in [1.165, 1.54) is 6.92 Å². The predicted molar refractivity (Wildman–Crippen MR) is 69.3 cm³/mol. The van der Waals surface area contributed by atoms with Crippen molar-refractivity contribution < 1.29 is 8.78 Å². The number of halogens is 2. The zero-order valence-corrected chi connectivity index (χ0v) is 10.9. The highest BCUT2D eigenvalue weighted by Crippen LogP contribution is 2.39. The summed E-state index contributed by atoms with van der Waals surface area (Å²) in [5, 5.41) is 7.78. The second-order valence-electron chi connectivity index (χ2n) is 4.66. The summed E-state index contributed by atoms with van der Waals surface area (Å²) in [7, 11) is 0. The number of hydrogen-bond acceptors (Lipinski definition) is 2. The van der Waals surface area contributed by atoms with Crippen molar-refractivity contribution in [2.75, 3.05) is 0 Å². The minimum Gasteiger partial charge on any atom is -0.199 e. The predicted octanol–water partition coefficient (Wildman–Crippen LogP) is 5.01. The molecule has 0 fully saturated rings. The first-order valence-corrected chi connectivity index (χ1v) is 5.83. The van der Waals surface area contributed by atoms with Crippen molar-refractivity contribution in [2.45, 2.75) is 32.2 Å². The molecule has 0 radical (unpaired) electrons. The van der Waals surface area contributed by atoms with E-state index in [-0.39, 0.29) is 5.92 Å². The topological polar surface area (TPSA) is 24.7 Å². The highest BCUT2D eigenvalue weighted by Gasteiger charge is 2.50. The first-order valence-electron chi connectivity index (χ1n) is 5.83. The maximum atomic E-state index is 13.9. The molecule has 0 aliphatic carbocycles. The van der Waals surface area contributed by atoms with E-state index in [0.29, 0.717) is 11.8 Å². The monoisotopic (exact) mass is 252 g/mol. The summed E-state index contributed by atoms with van der Waals surface area (Å²) in [6.07, 6.45) is 0.636. The largest absolute Gasteiger partial charge is 0.292 e. The van der Waals surface area contributed by atoms with Crippen LogP contribution in [-0.2, 0) is 0 Å². The van der Waals surface area contributed by atoms with E-state index < -0.39 is 11.5 Å². The maximum Gasteiger partial charge on any atom is 0.292 e. The van der Waals surface area contributed by atoms with Gasteiger partial charge in [0.1, 0.15) is 5.54 Å². The van der Waals surface area contributed by atoms with Gasteiger partial charge in [-0.15, -0.1) is 0 Å². The van der Waals surface area contributed by atoms with Crippen molar-refractivity contribution in [3.63, 3.8) is 0 Å². The Bertz CT molecular complexity index is 427. The first-order chi connectivity index (χ1) is 8.33. The van der Waals surface area contributed by atoms with Gasteiger partial charge in [0.05, 0.1) is 5.69 Å². The molecule has 0 N–H and O–H groups in total. The minimum atomic E-state index is -3.10. The number of hydrogen-bond donors (Lipinski definition) is 0. The van der Waals surface area contributed by atoms with E-state index in [0.717, 1.165) is 0 Å². The van der Waals surface area contributed by atoms with Crippen LogP contribution in [-0.4, -0.2) is 11.5 Å². The van der Waals surface area contributed by atoms with E-state index in [9.17, 15) is 8.78 Å². The Hall–Kier alpha value is -1.58. The zero-order valence-electron chi connectivity index (χ0n) is 10.9. The molecule has 1 aromatic rings. The van der Waals surface area contributed by atoms with Crippen molar-refractivity contribution in [1.82, 2.24) is 0 Å². The van der Waals surface area contributed by atoms with Gasteiger partial charge >= 0.3 is 0 Å². The van der Waals surface area contributed by atoms with Gasteiger partial charge in [-0.2, -0.15) is 19.0 Å². The molecule has 98 valence electrons. The van der Waals surface area contributed by atoms with Crippen LogP contribution in [0.4, 0.5) is 14.5 Å². The van der Waals surface area contributed by atoms with Crippen LogP contribution in [0.25, 0.3) is 0 Å². The Morgan fingerprint density at radius 1 is 1.22 bits per heavy atom. The molecule has 0 amide bonds. The molecule has 0 aliphatic heterocycles. The summed E-state index contributed by atoms with van der Waals surface area (Å²) >= 11 is 0. The quantitative estimate of drug-likeness (QED) is 0.520. The molecule has 0 saturated heterocycles. The van der Waals surface area contributed by atoms with Crippen molar-refractivity contribution in [1.29, 1.82) is 0 Å². The Labute approximate surface area is 106 Å². The SMILES string of the molecule is C=CC(F)(F)[C@@](C)(N=Nc1ccccc1)C(C)C. The molecule has 0 aromatic heterocycles. The van der Waals surface area contributed by atoms with Crippen molar-refractivity contribution in [3.8, 4) is 0 Å². The molecule has 0 aliphatic rings. The molecule has 0 unspecified atom stereocenters. The molecule has 4 heteroatoms. The third-order valence-electron chi connectivity index (χ3n) is 3.18. The lowest BCUT2D eigenvalue weighted by molar-refractivity contribution is -0.0417. The van der Waals surface area contributed by atoms with Crippen molar-refractivity contribution in [2.24, 2.45) is 16.1 Å². The molecule has 1 rings (SSSR count). The fourth-order valence-corrected chi connectivity index (χ4v) is 1.43. The second kappa shape index (κ2) is 5.38. The van der Waals surface area contributed by atoms with Gasteiger partial charge in [-0.05, 0) is 31.1 Å². The van der Waals surface area contributed by atoms with E-state index in [1.807, 2.05) is 6.07 Å². The first kappa shape index (κ1) is 14.5. The lowest BCUT2D eigenvalue weighted by Gasteiger charge is -2.34. The van der Waals surface area contributed by atoms with Crippen LogP contribution in [0.15, 0.2) is 53.2 Å². The summed E-state index contributed by atoms with van der Waals surface area (Å²) in [5.74, 6) is -3.46. The Balaban J connectivity index is 3.08. The normalized spacial score (nSPS) is 15.9. The van der Waals surface area contributed by atoms with Gasteiger partial charge in [0.15, 0.2) is 0 Å². The number of benzene rings is 1. The van der Waals surface area contributed by atoms with Gasteiger partial charge in [-0.25, -0.2) is 0 Å². The standard InChI is InChI=1S/C14H18F2N2/c1-5-14(15,16)13(4,11(2)3)18-17-12-9-7-6-8-10-12/h5-11H,1H2,2-4H3/t13-/m0/s1. The Morgan fingerprint density at radius 3 is 2.22 bits per heavy atom. The number of nitrogens with zero attached hydrogens (tertiary/aromatic N) is 2. The lowest BCUT2D eigenvalue weighted by Crippen LogP contribution is -2.46. The molecule has 0 saturated carbocycles. The molecule has 18 heavy (non-hydrogen) atoms. The molecular formula is C14H18F2N2. The molecule has 0 bridgehead atoms. The van der Waals surface area contributed by atoms with E-state index >= 15 is 0 Å². The Morgan fingerprint density at radius 2 is 1.78 bits per heavy atom. The lowest BCUT2D eigenvalue weighted by atomic mass is 9.83. The number of rotatable bonds is 5. The van der Waals surface area contributed by atoms with Crippen molar-refractivity contribution >= 4 is 5.69 Å². The smallest absolute Gasteiger partial charge is 0.199 e. The van der Waals surface area contributed by atoms with Crippen LogP contribution < -0.4 is 0 Å². The molecular weight excluding hydrogens is 234 g/mol. The molecule has 0 spiro atoms. The third-order valence-corrected chi connectivity index (χ3v) is 3.18. The average Bonchev–Trinajstić information content (AvgIpc) is 2.36. The van der Waals surface area contributed by atoms with Gasteiger partial charge in [0.25, 0.3) is 5.92 Å². The fraction of sp³-hybridized carbons (Fsp3) is 0.429. The summed E-state index contributed by atoms with van der Waals surface area (Å²) < 4.78 is 27.8. The highest BCUT2D eigenvalue weighted by atomic mass is 19.3. The van der Waals surface area contributed by atoms with Crippen LogP contribution in [0.1, 0.15) is 20.8 Å². The van der Waals surface area contributed by atoms with Gasteiger partial charge in [0, 0.05) is 0 Å². The third kappa shape index (κ3) is 2.81. The number of azo groups is 1. The molecule has 2 nitrogen and oxygen atoms in total. The minimum absolute atomic E-state index is 0.363. The Kier molecular flexibility index (Phi) is 4.33. The molecule has 1 atom stereocenters. The second-order valence-corrected chi connectivity index (χ2v) is 4.66. The van der Waals surface area contributed by atoms with Crippen molar-refractivity contribution in [3.05, 3.63) is 43.0 Å². The van der Waals surface area contributed by atoms with Crippen LogP contribution >= 0.6 is 0 Å². The van der Waals surface area contributed by atoms with Gasteiger partial charge in [-0.1, -0.05) is 38.6 Å².